The molecule has 7 heteroatoms. The van der Waals surface area contributed by atoms with Crippen LogP contribution in [0.1, 0.15) is 17.3 Å². The van der Waals surface area contributed by atoms with Crippen molar-refractivity contribution in [3.63, 3.8) is 0 Å². The summed E-state index contributed by atoms with van der Waals surface area (Å²) in [6.07, 6.45) is 6.30. The second-order valence-electron chi connectivity index (χ2n) is 5.95. The van der Waals surface area contributed by atoms with Gasteiger partial charge in [0.1, 0.15) is 12.9 Å². The summed E-state index contributed by atoms with van der Waals surface area (Å²) < 4.78 is 11.1. The number of nitrogens with one attached hydrogen (secondary N) is 1. The number of methoxy groups -OCH3 is 1. The van der Waals surface area contributed by atoms with E-state index in [-0.39, 0.29) is 10.6 Å². The average Bonchev–Trinajstić information content (AvgIpc) is 3.11. The number of allylic oxidation sites excluding steroid dienone is 3. The Balaban J connectivity index is 1.62. The molecule has 136 valence electrons. The number of hydrazine groups is 1. The summed E-state index contributed by atoms with van der Waals surface area (Å²) in [5.41, 5.74) is 6.54. The van der Waals surface area contributed by atoms with Crippen LogP contribution in [0.25, 0.3) is 0 Å². The highest BCUT2D eigenvalue weighted by atomic mass is 79.9. The van der Waals surface area contributed by atoms with Crippen LogP contribution in [0.4, 0.5) is 0 Å². The summed E-state index contributed by atoms with van der Waals surface area (Å²) in [6.45, 7) is 2.93. The molecule has 2 aliphatic rings. The van der Waals surface area contributed by atoms with Gasteiger partial charge >= 0.3 is 0 Å². The quantitative estimate of drug-likeness (QED) is 0.565. The molecular formula is C19H19BrN2O4. The third kappa shape index (κ3) is 3.83. The van der Waals surface area contributed by atoms with Crippen LogP contribution in [0, 0.1) is 0 Å². The zero-order chi connectivity index (χ0) is 18.7. The molecule has 1 aliphatic heterocycles. The number of benzene rings is 1. The molecule has 0 radical (unpaired) electrons. The van der Waals surface area contributed by atoms with Crippen molar-refractivity contribution in [2.24, 2.45) is 0 Å². The number of hydrogen-bond donors (Lipinski definition) is 1. The van der Waals surface area contributed by atoms with Gasteiger partial charge in [0, 0.05) is 11.6 Å². The highest BCUT2D eigenvalue weighted by molar-refractivity contribution is 9.10. The summed E-state index contributed by atoms with van der Waals surface area (Å²) in [5.74, 6) is 1.09. The van der Waals surface area contributed by atoms with Gasteiger partial charge in [0.05, 0.1) is 29.9 Å². The second-order valence-corrected chi connectivity index (χ2v) is 6.94. The Morgan fingerprint density at radius 3 is 2.92 bits per heavy atom. The molecule has 1 N–H and O–H groups in total. The van der Waals surface area contributed by atoms with E-state index >= 15 is 0 Å². The minimum atomic E-state index is -0.258. The molecule has 0 fully saturated rings. The molecule has 3 rings (SSSR count). The van der Waals surface area contributed by atoms with Crippen molar-refractivity contribution in [1.82, 2.24) is 10.4 Å². The number of carbonyl (C=O) groups is 2. The summed E-state index contributed by atoms with van der Waals surface area (Å²) in [4.78, 5) is 22.5. The Hall–Kier alpha value is -2.54. The molecule has 1 aromatic carbocycles. The maximum atomic E-state index is 11.9. The minimum absolute atomic E-state index is 0.0251. The van der Waals surface area contributed by atoms with Crippen LogP contribution in [0.2, 0.25) is 0 Å². The number of rotatable bonds is 6. The molecule has 0 saturated carbocycles. The van der Waals surface area contributed by atoms with Gasteiger partial charge in [-0.05, 0) is 36.8 Å². The average molecular weight is 419 g/mol. The molecule has 0 spiro atoms. The molecule has 0 aromatic heterocycles. The van der Waals surface area contributed by atoms with Gasteiger partial charge in [-0.25, -0.2) is 0 Å². The van der Waals surface area contributed by atoms with Crippen LogP contribution in [0.5, 0.6) is 11.5 Å². The summed E-state index contributed by atoms with van der Waals surface area (Å²) in [7, 11) is 1.53. The molecule has 1 unspecified atom stereocenters. The first-order chi connectivity index (χ1) is 12.5. The Morgan fingerprint density at radius 1 is 1.38 bits per heavy atom. The molecule has 0 amide bonds. The zero-order valence-corrected chi connectivity index (χ0v) is 16.1. The van der Waals surface area contributed by atoms with Crippen molar-refractivity contribution in [2.45, 2.75) is 11.8 Å². The van der Waals surface area contributed by atoms with E-state index in [1.54, 1.807) is 24.3 Å². The minimum Gasteiger partial charge on any atom is -0.493 e. The normalized spacial score (nSPS) is 19.3. The van der Waals surface area contributed by atoms with Crippen LogP contribution in [0.3, 0.4) is 0 Å². The standard InChI is InChI=1S/C19H19BrN2O4/c1-12-7-15(20)17(24)9-16(12)22-6-5-14(21-22)11-26-18-4-3-13(10-23)8-19(18)25-2/h3-5,7-10,15,21H,6,11H2,1-2H3. The van der Waals surface area contributed by atoms with Crippen molar-refractivity contribution in [3.8, 4) is 11.5 Å². The first kappa shape index (κ1) is 18.3. The molecule has 6 nitrogen and oxygen atoms in total. The lowest BCUT2D eigenvalue weighted by atomic mass is 10.0. The van der Waals surface area contributed by atoms with E-state index in [2.05, 4.69) is 21.4 Å². The van der Waals surface area contributed by atoms with Crippen LogP contribution in [0.15, 0.2) is 53.4 Å². The SMILES string of the molecule is COc1cc(C=O)ccc1OCC1=CCN(C2=CC(=O)C(Br)C=C2C)N1. The molecule has 1 heterocycles. The van der Waals surface area contributed by atoms with Gasteiger partial charge in [-0.2, -0.15) is 0 Å². The fourth-order valence-corrected chi connectivity index (χ4v) is 3.28. The van der Waals surface area contributed by atoms with Crippen molar-refractivity contribution in [1.29, 1.82) is 0 Å². The molecule has 26 heavy (non-hydrogen) atoms. The van der Waals surface area contributed by atoms with Gasteiger partial charge in [0.2, 0.25) is 0 Å². The Labute approximate surface area is 160 Å². The zero-order valence-electron chi connectivity index (χ0n) is 14.5. The summed E-state index contributed by atoms with van der Waals surface area (Å²) >= 11 is 3.34. The lowest BCUT2D eigenvalue weighted by Crippen LogP contribution is -2.35. The largest absolute Gasteiger partial charge is 0.493 e. The monoisotopic (exact) mass is 418 g/mol. The lowest BCUT2D eigenvalue weighted by Gasteiger charge is -2.26. The fraction of sp³-hybridized carbons (Fsp3) is 0.263. The van der Waals surface area contributed by atoms with E-state index in [0.29, 0.717) is 30.2 Å². The molecule has 1 aliphatic carbocycles. The van der Waals surface area contributed by atoms with Crippen LogP contribution in [-0.4, -0.2) is 42.2 Å². The van der Waals surface area contributed by atoms with Gasteiger partial charge in [-0.3, -0.25) is 20.0 Å². The van der Waals surface area contributed by atoms with Gasteiger partial charge in [-0.1, -0.05) is 22.0 Å². The van der Waals surface area contributed by atoms with Gasteiger partial charge in [-0.15, -0.1) is 0 Å². The number of hydrogen-bond acceptors (Lipinski definition) is 6. The van der Waals surface area contributed by atoms with Crippen molar-refractivity contribution < 1.29 is 19.1 Å². The fourth-order valence-electron chi connectivity index (χ4n) is 2.75. The van der Waals surface area contributed by atoms with Crippen LogP contribution >= 0.6 is 15.9 Å². The third-order valence-electron chi connectivity index (χ3n) is 4.15. The van der Waals surface area contributed by atoms with E-state index < -0.39 is 0 Å². The van der Waals surface area contributed by atoms with Crippen LogP contribution in [-0.2, 0) is 4.79 Å². The smallest absolute Gasteiger partial charge is 0.175 e. The van der Waals surface area contributed by atoms with Crippen LogP contribution < -0.4 is 14.9 Å². The van der Waals surface area contributed by atoms with E-state index in [1.165, 1.54) is 7.11 Å². The Morgan fingerprint density at radius 2 is 2.19 bits per heavy atom. The molecule has 0 bridgehead atoms. The highest BCUT2D eigenvalue weighted by Gasteiger charge is 2.24. The Kier molecular flexibility index (Phi) is 5.46. The van der Waals surface area contributed by atoms with Gasteiger partial charge in [0.25, 0.3) is 0 Å². The van der Waals surface area contributed by atoms with Crippen molar-refractivity contribution >= 4 is 28.0 Å². The van der Waals surface area contributed by atoms with E-state index in [1.807, 2.05) is 24.1 Å². The van der Waals surface area contributed by atoms with E-state index in [0.717, 1.165) is 23.3 Å². The maximum absolute atomic E-state index is 11.9. The summed E-state index contributed by atoms with van der Waals surface area (Å²) in [5, 5.41) is 1.91. The topological polar surface area (TPSA) is 67.9 Å². The van der Waals surface area contributed by atoms with Crippen molar-refractivity contribution in [2.75, 3.05) is 20.3 Å². The number of nitrogens with zero attached hydrogens (tertiary/aromatic N) is 1. The molecule has 0 saturated heterocycles. The first-order valence-corrected chi connectivity index (χ1v) is 9.01. The highest BCUT2D eigenvalue weighted by Crippen LogP contribution is 2.29. The second kappa shape index (κ2) is 7.78. The summed E-state index contributed by atoms with van der Waals surface area (Å²) in [6, 6.07) is 5.02. The molecule has 1 atom stereocenters. The number of ketones is 1. The van der Waals surface area contributed by atoms with Gasteiger partial charge < -0.3 is 9.47 Å². The number of halogens is 1. The number of ether oxygens (including phenoxy) is 2. The first-order valence-electron chi connectivity index (χ1n) is 8.09. The Bertz CT molecular complexity index is 829. The number of alkyl halides is 1. The maximum Gasteiger partial charge on any atom is 0.175 e. The molecular weight excluding hydrogens is 400 g/mol. The number of carbonyl (C=O) groups excluding carboxylic acids is 2. The van der Waals surface area contributed by atoms with E-state index in [4.69, 9.17) is 9.47 Å². The third-order valence-corrected chi connectivity index (χ3v) is 4.86. The molecule has 1 aromatic rings. The predicted octanol–water partition coefficient (Wildman–Crippen LogP) is 2.77. The number of aldehydes is 1. The van der Waals surface area contributed by atoms with Gasteiger partial charge in [0.15, 0.2) is 17.3 Å². The van der Waals surface area contributed by atoms with E-state index in [9.17, 15) is 9.59 Å². The lowest BCUT2D eigenvalue weighted by molar-refractivity contribution is -0.113. The van der Waals surface area contributed by atoms with Crippen molar-refractivity contribution in [3.05, 3.63) is 59.0 Å². The predicted molar refractivity (Wildman–Crippen MR) is 101 cm³/mol.